The molecule has 0 nitrogen and oxygen atoms in total. The highest BCUT2D eigenvalue weighted by Gasteiger charge is 1.96. The predicted octanol–water partition coefficient (Wildman–Crippen LogP) is 5.48. The van der Waals surface area contributed by atoms with Gasteiger partial charge in [0.1, 0.15) is 0 Å². The zero-order chi connectivity index (χ0) is 13.0. The van der Waals surface area contributed by atoms with Crippen molar-refractivity contribution in [2.24, 2.45) is 0 Å². The van der Waals surface area contributed by atoms with Gasteiger partial charge in [0.25, 0.3) is 0 Å². The first-order chi connectivity index (χ1) is 8.66. The SMILES string of the molecule is C=C(/C=C\c1ccccc1C)c1ccc(Br)cc1. The Morgan fingerprint density at radius 1 is 1.06 bits per heavy atom. The smallest absolute Gasteiger partial charge is 0.0175 e. The summed E-state index contributed by atoms with van der Waals surface area (Å²) in [5.74, 6) is 0. The van der Waals surface area contributed by atoms with Crippen LogP contribution >= 0.6 is 15.9 Å². The molecule has 0 spiro atoms. The van der Waals surface area contributed by atoms with Crippen molar-refractivity contribution in [1.82, 2.24) is 0 Å². The Morgan fingerprint density at radius 2 is 1.72 bits per heavy atom. The summed E-state index contributed by atoms with van der Waals surface area (Å²) in [5.41, 5.74) is 4.67. The summed E-state index contributed by atoms with van der Waals surface area (Å²) in [7, 11) is 0. The van der Waals surface area contributed by atoms with Crippen LogP contribution in [0.2, 0.25) is 0 Å². The van der Waals surface area contributed by atoms with Gasteiger partial charge in [-0.25, -0.2) is 0 Å². The summed E-state index contributed by atoms with van der Waals surface area (Å²) >= 11 is 3.43. The highest BCUT2D eigenvalue weighted by molar-refractivity contribution is 9.10. The lowest BCUT2D eigenvalue weighted by atomic mass is 10.0. The molecule has 0 heterocycles. The van der Waals surface area contributed by atoms with Gasteiger partial charge in [0.15, 0.2) is 0 Å². The number of allylic oxidation sites excluding steroid dienone is 2. The standard InChI is InChI=1S/C17H15Br/c1-13-5-3-4-6-15(13)8-7-14(2)16-9-11-17(18)12-10-16/h3-12H,2H2,1H3/b8-7-. The maximum Gasteiger partial charge on any atom is 0.0175 e. The van der Waals surface area contributed by atoms with Gasteiger partial charge in [-0.05, 0) is 41.3 Å². The van der Waals surface area contributed by atoms with Crippen molar-refractivity contribution >= 4 is 27.6 Å². The Balaban J connectivity index is 2.17. The van der Waals surface area contributed by atoms with Crippen molar-refractivity contribution in [3.63, 3.8) is 0 Å². The van der Waals surface area contributed by atoms with Crippen LogP contribution in [0.1, 0.15) is 16.7 Å². The molecule has 2 rings (SSSR count). The molecule has 0 aliphatic rings. The molecule has 0 atom stereocenters. The number of hydrogen-bond donors (Lipinski definition) is 0. The number of halogens is 1. The lowest BCUT2D eigenvalue weighted by molar-refractivity contribution is 1.44. The molecule has 0 amide bonds. The van der Waals surface area contributed by atoms with E-state index in [1.54, 1.807) is 0 Å². The quantitative estimate of drug-likeness (QED) is 0.658. The van der Waals surface area contributed by atoms with Crippen LogP contribution in [0.25, 0.3) is 11.6 Å². The van der Waals surface area contributed by atoms with Crippen LogP contribution in [0.5, 0.6) is 0 Å². The number of benzene rings is 2. The Kier molecular flexibility index (Phi) is 4.16. The van der Waals surface area contributed by atoms with E-state index in [0.29, 0.717) is 0 Å². The number of rotatable bonds is 3. The molecule has 2 aromatic carbocycles. The van der Waals surface area contributed by atoms with Crippen molar-refractivity contribution < 1.29 is 0 Å². The molecule has 0 fully saturated rings. The van der Waals surface area contributed by atoms with E-state index in [4.69, 9.17) is 0 Å². The van der Waals surface area contributed by atoms with Crippen LogP contribution in [0.4, 0.5) is 0 Å². The minimum atomic E-state index is 1.02. The Morgan fingerprint density at radius 3 is 2.39 bits per heavy atom. The van der Waals surface area contributed by atoms with Crippen molar-refractivity contribution in [2.75, 3.05) is 0 Å². The molecule has 1 heteroatoms. The predicted molar refractivity (Wildman–Crippen MR) is 83.4 cm³/mol. The molecule has 18 heavy (non-hydrogen) atoms. The normalized spacial score (nSPS) is 10.8. The summed E-state index contributed by atoms with van der Waals surface area (Å²) in [6, 6.07) is 16.5. The Labute approximate surface area is 117 Å². The van der Waals surface area contributed by atoms with Crippen molar-refractivity contribution in [1.29, 1.82) is 0 Å². The van der Waals surface area contributed by atoms with E-state index in [1.807, 2.05) is 12.1 Å². The van der Waals surface area contributed by atoms with Gasteiger partial charge in [-0.3, -0.25) is 0 Å². The van der Waals surface area contributed by atoms with E-state index in [1.165, 1.54) is 11.1 Å². The fourth-order valence-corrected chi connectivity index (χ4v) is 1.99. The minimum Gasteiger partial charge on any atom is -0.0912 e. The first-order valence-corrected chi connectivity index (χ1v) is 6.64. The van der Waals surface area contributed by atoms with Crippen molar-refractivity contribution in [3.05, 3.63) is 82.3 Å². The van der Waals surface area contributed by atoms with Crippen LogP contribution in [0.15, 0.2) is 65.7 Å². The van der Waals surface area contributed by atoms with Crippen LogP contribution in [0.3, 0.4) is 0 Å². The summed E-state index contributed by atoms with van der Waals surface area (Å²) in [6.07, 6.45) is 4.17. The van der Waals surface area contributed by atoms with Crippen LogP contribution in [-0.4, -0.2) is 0 Å². The molecule has 0 N–H and O–H groups in total. The average Bonchev–Trinajstić information content (AvgIpc) is 2.38. The van der Waals surface area contributed by atoms with Gasteiger partial charge in [-0.2, -0.15) is 0 Å². The molecule has 0 aliphatic heterocycles. The van der Waals surface area contributed by atoms with E-state index in [9.17, 15) is 0 Å². The van der Waals surface area contributed by atoms with Gasteiger partial charge in [0.05, 0.1) is 0 Å². The fraction of sp³-hybridized carbons (Fsp3) is 0.0588. The Hall–Kier alpha value is -1.60. The maximum absolute atomic E-state index is 4.10. The summed E-state index contributed by atoms with van der Waals surface area (Å²) in [6.45, 7) is 6.21. The average molecular weight is 299 g/mol. The third kappa shape index (κ3) is 3.21. The molecule has 0 radical (unpaired) electrons. The van der Waals surface area contributed by atoms with E-state index in [-0.39, 0.29) is 0 Å². The minimum absolute atomic E-state index is 1.02. The van der Waals surface area contributed by atoms with Crippen molar-refractivity contribution in [3.8, 4) is 0 Å². The van der Waals surface area contributed by atoms with Gasteiger partial charge in [0, 0.05) is 4.47 Å². The lowest BCUT2D eigenvalue weighted by Crippen LogP contribution is -1.80. The molecular weight excluding hydrogens is 284 g/mol. The third-order valence-corrected chi connectivity index (χ3v) is 3.40. The molecule has 90 valence electrons. The number of hydrogen-bond acceptors (Lipinski definition) is 0. The lowest BCUT2D eigenvalue weighted by Gasteiger charge is -2.02. The van der Waals surface area contributed by atoms with Crippen LogP contribution in [0, 0.1) is 6.92 Å². The first kappa shape index (κ1) is 12.8. The highest BCUT2D eigenvalue weighted by atomic mass is 79.9. The topological polar surface area (TPSA) is 0 Å². The van der Waals surface area contributed by atoms with Gasteiger partial charge in [0.2, 0.25) is 0 Å². The monoisotopic (exact) mass is 298 g/mol. The molecule has 0 saturated heterocycles. The van der Waals surface area contributed by atoms with E-state index in [2.05, 4.69) is 78.0 Å². The zero-order valence-electron chi connectivity index (χ0n) is 10.4. The highest BCUT2D eigenvalue weighted by Crippen LogP contribution is 2.19. The molecule has 0 saturated carbocycles. The summed E-state index contributed by atoms with van der Waals surface area (Å²) in [5, 5.41) is 0. The summed E-state index contributed by atoms with van der Waals surface area (Å²) < 4.78 is 1.09. The second kappa shape index (κ2) is 5.83. The second-order valence-corrected chi connectivity index (χ2v) is 5.14. The molecular formula is C17H15Br. The van der Waals surface area contributed by atoms with E-state index < -0.39 is 0 Å². The third-order valence-electron chi connectivity index (χ3n) is 2.87. The summed E-state index contributed by atoms with van der Waals surface area (Å²) in [4.78, 5) is 0. The second-order valence-electron chi connectivity index (χ2n) is 4.22. The van der Waals surface area contributed by atoms with Gasteiger partial charge in [-0.1, -0.05) is 71.1 Å². The zero-order valence-corrected chi connectivity index (χ0v) is 11.9. The first-order valence-electron chi connectivity index (χ1n) is 5.85. The van der Waals surface area contributed by atoms with Crippen LogP contribution < -0.4 is 0 Å². The van der Waals surface area contributed by atoms with Gasteiger partial charge in [-0.15, -0.1) is 0 Å². The maximum atomic E-state index is 4.10. The Bertz CT molecular complexity index is 577. The van der Waals surface area contributed by atoms with Crippen molar-refractivity contribution in [2.45, 2.75) is 6.92 Å². The molecule has 2 aromatic rings. The fourth-order valence-electron chi connectivity index (χ4n) is 1.72. The molecule has 0 aromatic heterocycles. The van der Waals surface area contributed by atoms with E-state index in [0.717, 1.165) is 15.6 Å². The van der Waals surface area contributed by atoms with E-state index >= 15 is 0 Å². The van der Waals surface area contributed by atoms with Gasteiger partial charge < -0.3 is 0 Å². The number of aryl methyl sites for hydroxylation is 1. The molecule has 0 aliphatic carbocycles. The largest absolute Gasteiger partial charge is 0.0912 e. The molecule has 0 bridgehead atoms. The molecule has 0 unspecified atom stereocenters. The van der Waals surface area contributed by atoms with Gasteiger partial charge >= 0.3 is 0 Å². The van der Waals surface area contributed by atoms with Crippen LogP contribution in [-0.2, 0) is 0 Å².